The Labute approximate surface area is 150 Å². The van der Waals surface area contributed by atoms with E-state index >= 15 is 0 Å². The van der Waals surface area contributed by atoms with Crippen molar-refractivity contribution in [2.24, 2.45) is 0 Å². The molecule has 124 valence electrons. The molecule has 25 heavy (non-hydrogen) atoms. The van der Waals surface area contributed by atoms with Gasteiger partial charge in [0.25, 0.3) is 0 Å². The molecule has 0 bridgehead atoms. The number of hydrogen-bond acceptors (Lipinski definition) is 4. The highest BCUT2D eigenvalue weighted by Gasteiger charge is 2.12. The molecule has 0 N–H and O–H groups in total. The lowest BCUT2D eigenvalue weighted by molar-refractivity contribution is 0.607. The van der Waals surface area contributed by atoms with Crippen molar-refractivity contribution in [1.29, 1.82) is 0 Å². The summed E-state index contributed by atoms with van der Waals surface area (Å²) in [6.07, 6.45) is 0. The number of nitrogens with zero attached hydrogens (tertiary/aromatic N) is 3. The second kappa shape index (κ2) is 6.57. The number of hydrogen-bond donors (Lipinski definition) is 0. The molecule has 0 aliphatic rings. The number of oxazole rings is 1. The average Bonchev–Trinajstić information content (AvgIpc) is 3.06. The monoisotopic (exact) mass is 349 g/mol. The molecule has 0 fully saturated rings. The Balaban J connectivity index is 1.62. The van der Waals surface area contributed by atoms with Gasteiger partial charge in [-0.25, -0.2) is 4.98 Å². The summed E-state index contributed by atoms with van der Waals surface area (Å²) >= 11 is 5.93. The first-order valence-corrected chi connectivity index (χ1v) is 8.35. The number of aromatic nitrogens is 2. The van der Waals surface area contributed by atoms with E-state index in [1.807, 2.05) is 61.6 Å². The average molecular weight is 350 g/mol. The van der Waals surface area contributed by atoms with Crippen molar-refractivity contribution in [3.63, 3.8) is 0 Å². The maximum absolute atomic E-state index is 5.93. The van der Waals surface area contributed by atoms with E-state index in [0.29, 0.717) is 16.6 Å². The molecule has 4 aromatic rings. The quantitative estimate of drug-likeness (QED) is 0.509. The van der Waals surface area contributed by atoms with Gasteiger partial charge in [-0.2, -0.15) is 4.98 Å². The minimum atomic E-state index is 0.530. The van der Waals surface area contributed by atoms with Gasteiger partial charge < -0.3 is 9.32 Å². The van der Waals surface area contributed by atoms with E-state index in [-0.39, 0.29) is 0 Å². The summed E-state index contributed by atoms with van der Waals surface area (Å²) in [4.78, 5) is 11.2. The molecule has 0 atom stereocenters. The second-order valence-electron chi connectivity index (χ2n) is 5.86. The number of benzene rings is 2. The first kappa shape index (κ1) is 15.7. The van der Waals surface area contributed by atoms with Gasteiger partial charge in [0.2, 0.25) is 11.6 Å². The Morgan fingerprint density at radius 1 is 0.920 bits per heavy atom. The van der Waals surface area contributed by atoms with Crippen LogP contribution in [0.3, 0.4) is 0 Å². The summed E-state index contributed by atoms with van der Waals surface area (Å²) in [5.74, 6) is 1.39. The van der Waals surface area contributed by atoms with E-state index in [0.717, 1.165) is 23.4 Å². The van der Waals surface area contributed by atoms with Gasteiger partial charge in [0, 0.05) is 24.2 Å². The molecule has 0 amide bonds. The smallest absolute Gasteiger partial charge is 0.249 e. The van der Waals surface area contributed by atoms with E-state index < -0.39 is 0 Å². The van der Waals surface area contributed by atoms with Crippen LogP contribution in [0.1, 0.15) is 5.56 Å². The topological polar surface area (TPSA) is 42.2 Å². The van der Waals surface area contributed by atoms with Crippen LogP contribution >= 0.6 is 11.6 Å². The lowest BCUT2D eigenvalue weighted by Crippen LogP contribution is -2.17. The van der Waals surface area contributed by atoms with E-state index in [2.05, 4.69) is 27.0 Å². The molecule has 2 heterocycles. The maximum atomic E-state index is 5.93. The highest BCUT2D eigenvalue weighted by atomic mass is 35.5. The van der Waals surface area contributed by atoms with Crippen LogP contribution < -0.4 is 4.90 Å². The fraction of sp³-hybridized carbons (Fsp3) is 0.100. The number of rotatable bonds is 4. The zero-order valence-corrected chi connectivity index (χ0v) is 14.4. The van der Waals surface area contributed by atoms with E-state index in [1.165, 1.54) is 5.56 Å². The van der Waals surface area contributed by atoms with Gasteiger partial charge in [-0.3, -0.25) is 0 Å². The predicted octanol–water partition coefficient (Wildman–Crippen LogP) is 5.18. The summed E-state index contributed by atoms with van der Waals surface area (Å²) in [5, 5.41) is 0.683. The minimum Gasteiger partial charge on any atom is -0.418 e. The normalized spacial score (nSPS) is 11.0. The van der Waals surface area contributed by atoms with Gasteiger partial charge >= 0.3 is 0 Å². The van der Waals surface area contributed by atoms with Crippen LogP contribution in [0.4, 0.5) is 5.82 Å². The first-order valence-electron chi connectivity index (χ1n) is 7.97. The molecular weight excluding hydrogens is 334 g/mol. The number of anilines is 1. The molecular formula is C20H16ClN3O. The molecule has 0 saturated carbocycles. The Kier molecular flexibility index (Phi) is 4.12. The third-order valence-electron chi connectivity index (χ3n) is 3.99. The maximum Gasteiger partial charge on any atom is 0.249 e. The Morgan fingerprint density at radius 2 is 1.68 bits per heavy atom. The van der Waals surface area contributed by atoms with Crippen LogP contribution in [0.25, 0.3) is 22.7 Å². The molecule has 0 aliphatic carbocycles. The van der Waals surface area contributed by atoms with Crippen molar-refractivity contribution in [3.8, 4) is 11.5 Å². The fourth-order valence-corrected chi connectivity index (χ4v) is 2.80. The van der Waals surface area contributed by atoms with Crippen molar-refractivity contribution >= 4 is 28.6 Å². The Hall–Kier alpha value is -2.85. The summed E-state index contributed by atoms with van der Waals surface area (Å²) in [6, 6.07) is 21.6. The zero-order chi connectivity index (χ0) is 17.2. The summed E-state index contributed by atoms with van der Waals surface area (Å²) in [6.45, 7) is 0.775. The summed E-state index contributed by atoms with van der Waals surface area (Å²) in [5.41, 5.74) is 3.37. The molecule has 5 heteroatoms. The van der Waals surface area contributed by atoms with E-state index in [9.17, 15) is 0 Å². The molecule has 0 aliphatic heterocycles. The van der Waals surface area contributed by atoms with Gasteiger partial charge in [-0.1, -0.05) is 41.9 Å². The third-order valence-corrected chi connectivity index (χ3v) is 4.24. The molecule has 0 spiro atoms. The number of pyridine rings is 1. The SMILES string of the molecule is CN(Cc1ccccc1)c1ccc2nc(-c3ccc(Cl)cc3)oc2n1. The van der Waals surface area contributed by atoms with Crippen molar-refractivity contribution in [2.45, 2.75) is 6.54 Å². The van der Waals surface area contributed by atoms with Crippen LogP contribution in [0.15, 0.2) is 71.1 Å². The van der Waals surface area contributed by atoms with Crippen LogP contribution in [0.5, 0.6) is 0 Å². The van der Waals surface area contributed by atoms with Crippen molar-refractivity contribution in [2.75, 3.05) is 11.9 Å². The molecule has 2 aromatic carbocycles. The molecule has 2 aromatic heterocycles. The summed E-state index contributed by atoms with van der Waals surface area (Å²) in [7, 11) is 2.01. The predicted molar refractivity (Wildman–Crippen MR) is 101 cm³/mol. The van der Waals surface area contributed by atoms with Crippen LogP contribution in [-0.4, -0.2) is 17.0 Å². The highest BCUT2D eigenvalue weighted by Crippen LogP contribution is 2.26. The van der Waals surface area contributed by atoms with Crippen LogP contribution in [-0.2, 0) is 6.54 Å². The lowest BCUT2D eigenvalue weighted by atomic mass is 10.2. The standard InChI is InChI=1S/C20H16ClN3O/c1-24(13-14-5-3-2-4-6-14)18-12-11-17-20(23-18)25-19(22-17)15-7-9-16(21)10-8-15/h2-12H,13H2,1H3. The Bertz CT molecular complexity index is 997. The van der Waals surface area contributed by atoms with Crippen LogP contribution in [0.2, 0.25) is 5.02 Å². The molecule has 4 nitrogen and oxygen atoms in total. The Morgan fingerprint density at radius 3 is 2.44 bits per heavy atom. The molecule has 4 rings (SSSR count). The highest BCUT2D eigenvalue weighted by molar-refractivity contribution is 6.30. The molecule has 0 saturated heterocycles. The number of halogens is 1. The third kappa shape index (κ3) is 3.35. The first-order chi connectivity index (χ1) is 12.2. The van der Waals surface area contributed by atoms with Gasteiger partial charge in [0.05, 0.1) is 0 Å². The largest absolute Gasteiger partial charge is 0.418 e. The lowest BCUT2D eigenvalue weighted by Gasteiger charge is -2.17. The van der Waals surface area contributed by atoms with Crippen molar-refractivity contribution < 1.29 is 4.42 Å². The van der Waals surface area contributed by atoms with Gasteiger partial charge in [-0.15, -0.1) is 0 Å². The van der Waals surface area contributed by atoms with Gasteiger partial charge in [0.1, 0.15) is 11.3 Å². The van der Waals surface area contributed by atoms with Crippen molar-refractivity contribution in [1.82, 2.24) is 9.97 Å². The minimum absolute atomic E-state index is 0.530. The zero-order valence-electron chi connectivity index (χ0n) is 13.7. The summed E-state index contributed by atoms with van der Waals surface area (Å²) < 4.78 is 5.84. The molecule has 0 unspecified atom stereocenters. The van der Waals surface area contributed by atoms with Crippen molar-refractivity contribution in [3.05, 3.63) is 77.3 Å². The van der Waals surface area contributed by atoms with E-state index in [1.54, 1.807) is 0 Å². The fourth-order valence-electron chi connectivity index (χ4n) is 2.67. The van der Waals surface area contributed by atoms with Gasteiger partial charge in [-0.05, 0) is 42.0 Å². The van der Waals surface area contributed by atoms with E-state index in [4.69, 9.17) is 16.0 Å². The number of fused-ring (bicyclic) bond motifs is 1. The van der Waals surface area contributed by atoms with Gasteiger partial charge in [0.15, 0.2) is 0 Å². The second-order valence-corrected chi connectivity index (χ2v) is 6.30. The van der Waals surface area contributed by atoms with Crippen LogP contribution in [0, 0.1) is 0 Å². The molecule has 0 radical (unpaired) electrons.